The summed E-state index contributed by atoms with van der Waals surface area (Å²) in [6.07, 6.45) is 2.66. The van der Waals surface area contributed by atoms with Gasteiger partial charge in [-0.2, -0.15) is 10.2 Å². The minimum atomic E-state index is 0.326. The number of rotatable bonds is 0. The molecule has 0 N–H and O–H groups in total. The Kier molecular flexibility index (Phi) is 1.12. The van der Waals surface area contributed by atoms with Gasteiger partial charge in [-0.15, -0.1) is 0 Å². The molecule has 0 aromatic heterocycles. The molecule has 0 radical (unpaired) electrons. The lowest BCUT2D eigenvalue weighted by Crippen LogP contribution is -2.29. The lowest BCUT2D eigenvalue weighted by Gasteiger charge is -2.35. The topological polar surface area (TPSA) is 24.7 Å². The third-order valence-corrected chi connectivity index (χ3v) is 4.89. The van der Waals surface area contributed by atoms with Crippen molar-refractivity contribution in [3.63, 3.8) is 0 Å². The van der Waals surface area contributed by atoms with E-state index in [9.17, 15) is 0 Å². The van der Waals surface area contributed by atoms with Gasteiger partial charge in [0.2, 0.25) is 0 Å². The van der Waals surface area contributed by atoms with Gasteiger partial charge in [-0.1, -0.05) is 20.8 Å². The first-order valence-corrected chi connectivity index (χ1v) is 5.18. The third-order valence-electron chi connectivity index (χ3n) is 4.89. The van der Waals surface area contributed by atoms with Crippen LogP contribution in [0.1, 0.15) is 33.6 Å². The molecule has 2 bridgehead atoms. The highest BCUT2D eigenvalue weighted by Gasteiger charge is 2.61. The fraction of sp³-hybridized carbons (Fsp3) is 0.818. The summed E-state index contributed by atoms with van der Waals surface area (Å²) in [4.78, 5) is 0. The molecule has 70 valence electrons. The molecule has 13 heavy (non-hydrogen) atoms. The zero-order chi connectivity index (χ0) is 9.27. The molecule has 0 aromatic rings. The van der Waals surface area contributed by atoms with Gasteiger partial charge in [0.25, 0.3) is 0 Å². The summed E-state index contributed by atoms with van der Waals surface area (Å²) in [7, 11) is 0. The molecule has 0 saturated heterocycles. The van der Waals surface area contributed by atoms with E-state index in [1.54, 1.807) is 5.57 Å². The Labute approximate surface area is 79.1 Å². The lowest BCUT2D eigenvalue weighted by molar-refractivity contribution is 0.166. The van der Waals surface area contributed by atoms with Crippen LogP contribution in [0.15, 0.2) is 21.5 Å². The summed E-state index contributed by atoms with van der Waals surface area (Å²) in [6.45, 7) is 8.07. The summed E-state index contributed by atoms with van der Waals surface area (Å²) < 4.78 is 0. The van der Waals surface area contributed by atoms with Crippen LogP contribution in [-0.2, 0) is 0 Å². The predicted molar refractivity (Wildman–Crippen MR) is 51.4 cm³/mol. The van der Waals surface area contributed by atoms with E-state index >= 15 is 0 Å². The first-order chi connectivity index (χ1) is 6.07. The Morgan fingerprint density at radius 1 is 1.31 bits per heavy atom. The van der Waals surface area contributed by atoms with Crippen molar-refractivity contribution >= 4 is 0 Å². The molecule has 3 aliphatic rings. The van der Waals surface area contributed by atoms with Crippen molar-refractivity contribution < 1.29 is 0 Å². The van der Waals surface area contributed by atoms with Crippen LogP contribution < -0.4 is 0 Å². The van der Waals surface area contributed by atoms with Crippen molar-refractivity contribution in [2.45, 2.75) is 33.6 Å². The van der Waals surface area contributed by atoms with E-state index < -0.39 is 0 Å². The highest BCUT2D eigenvalue weighted by molar-refractivity contribution is 5.40. The maximum atomic E-state index is 4.35. The molecule has 2 aliphatic carbocycles. The predicted octanol–water partition coefficient (Wildman–Crippen LogP) is 3.16. The molecule has 0 unspecified atom stereocenters. The van der Waals surface area contributed by atoms with Crippen LogP contribution >= 0.6 is 0 Å². The average molecular weight is 176 g/mol. The minimum Gasteiger partial charge on any atom is -0.184 e. The molecular weight excluding hydrogens is 160 g/mol. The third kappa shape index (κ3) is 0.608. The molecule has 0 aromatic carbocycles. The van der Waals surface area contributed by atoms with Gasteiger partial charge in [-0.05, 0) is 29.7 Å². The molecule has 1 heterocycles. The maximum absolute atomic E-state index is 4.35. The van der Waals surface area contributed by atoms with Crippen LogP contribution in [-0.4, -0.2) is 6.54 Å². The fourth-order valence-corrected chi connectivity index (χ4v) is 3.60. The van der Waals surface area contributed by atoms with Crippen LogP contribution in [0, 0.1) is 16.7 Å². The van der Waals surface area contributed by atoms with Crippen LogP contribution in [0.3, 0.4) is 0 Å². The quantitative estimate of drug-likeness (QED) is 0.541. The standard InChI is InChI=1S/C11H16N2/c1-10(2)8-4-5-11(10,3)9-7(8)6-12-13-9/h8H,4-6H2,1-3H3/t8-,11-/m0/s1. The van der Waals surface area contributed by atoms with Crippen molar-refractivity contribution in [1.82, 2.24) is 0 Å². The SMILES string of the molecule is CC1(C)[C@H]2CC[C@@]1(C)C1=C2CN=N1. The molecule has 0 amide bonds. The van der Waals surface area contributed by atoms with E-state index in [2.05, 4.69) is 31.0 Å². The number of allylic oxidation sites excluding steroid dienone is 1. The lowest BCUT2D eigenvalue weighted by atomic mass is 9.69. The largest absolute Gasteiger partial charge is 0.184 e. The van der Waals surface area contributed by atoms with E-state index in [0.717, 1.165) is 12.5 Å². The molecule has 2 heteroatoms. The number of azo groups is 1. The van der Waals surface area contributed by atoms with Crippen LogP contribution in [0.4, 0.5) is 0 Å². The van der Waals surface area contributed by atoms with Gasteiger partial charge in [-0.25, -0.2) is 0 Å². The Morgan fingerprint density at radius 3 is 2.77 bits per heavy atom. The van der Waals surface area contributed by atoms with E-state index in [1.807, 2.05) is 0 Å². The van der Waals surface area contributed by atoms with Gasteiger partial charge >= 0.3 is 0 Å². The van der Waals surface area contributed by atoms with E-state index in [4.69, 9.17) is 0 Å². The summed E-state index contributed by atoms with van der Waals surface area (Å²) in [5.41, 5.74) is 3.65. The summed E-state index contributed by atoms with van der Waals surface area (Å²) >= 11 is 0. The first kappa shape index (κ1) is 7.72. The van der Waals surface area contributed by atoms with Gasteiger partial charge in [0.1, 0.15) is 0 Å². The van der Waals surface area contributed by atoms with Crippen molar-refractivity contribution in [3.05, 3.63) is 11.3 Å². The molecular formula is C11H16N2. The molecule has 1 aliphatic heterocycles. The van der Waals surface area contributed by atoms with Gasteiger partial charge in [0.05, 0.1) is 12.2 Å². The van der Waals surface area contributed by atoms with Crippen molar-refractivity contribution in [3.8, 4) is 0 Å². The second-order valence-corrected chi connectivity index (χ2v) is 5.42. The number of hydrogen-bond donors (Lipinski definition) is 0. The van der Waals surface area contributed by atoms with Crippen molar-refractivity contribution in [2.75, 3.05) is 6.54 Å². The van der Waals surface area contributed by atoms with Crippen molar-refractivity contribution in [2.24, 2.45) is 27.0 Å². The van der Waals surface area contributed by atoms with Gasteiger partial charge in [0.15, 0.2) is 0 Å². The average Bonchev–Trinajstić information content (AvgIpc) is 2.63. The molecule has 1 saturated carbocycles. The second kappa shape index (κ2) is 1.89. The number of nitrogens with zero attached hydrogens (tertiary/aromatic N) is 2. The van der Waals surface area contributed by atoms with Crippen LogP contribution in [0.5, 0.6) is 0 Å². The first-order valence-electron chi connectivity index (χ1n) is 5.18. The summed E-state index contributed by atoms with van der Waals surface area (Å²) in [6, 6.07) is 0. The zero-order valence-corrected chi connectivity index (χ0v) is 8.59. The Morgan fingerprint density at radius 2 is 2.08 bits per heavy atom. The number of hydrogen-bond acceptors (Lipinski definition) is 2. The Hall–Kier alpha value is -0.660. The molecule has 3 rings (SSSR count). The monoisotopic (exact) mass is 176 g/mol. The smallest absolute Gasteiger partial charge is 0.0837 e. The highest BCUT2D eigenvalue weighted by Crippen LogP contribution is 2.68. The fourth-order valence-electron chi connectivity index (χ4n) is 3.60. The Bertz CT molecular complexity index is 338. The van der Waals surface area contributed by atoms with E-state index in [1.165, 1.54) is 18.5 Å². The van der Waals surface area contributed by atoms with Gasteiger partial charge in [0, 0.05) is 5.41 Å². The van der Waals surface area contributed by atoms with E-state index in [0.29, 0.717) is 10.8 Å². The molecule has 2 atom stereocenters. The molecule has 0 spiro atoms. The molecule has 2 nitrogen and oxygen atoms in total. The van der Waals surface area contributed by atoms with Crippen LogP contribution in [0.2, 0.25) is 0 Å². The number of fused-ring (bicyclic) bond motifs is 4. The highest BCUT2D eigenvalue weighted by atomic mass is 15.2. The minimum absolute atomic E-state index is 0.326. The van der Waals surface area contributed by atoms with Gasteiger partial charge < -0.3 is 0 Å². The summed E-state index contributed by atoms with van der Waals surface area (Å²) in [5.74, 6) is 0.766. The summed E-state index contributed by atoms with van der Waals surface area (Å²) in [5, 5.41) is 8.52. The normalized spacial score (nSPS) is 44.7. The Balaban J connectivity index is 2.21. The molecule has 1 fully saturated rings. The van der Waals surface area contributed by atoms with E-state index in [-0.39, 0.29) is 0 Å². The zero-order valence-electron chi connectivity index (χ0n) is 8.59. The van der Waals surface area contributed by atoms with Gasteiger partial charge in [-0.3, -0.25) is 0 Å². The second-order valence-electron chi connectivity index (χ2n) is 5.42. The van der Waals surface area contributed by atoms with Crippen LogP contribution in [0.25, 0.3) is 0 Å². The van der Waals surface area contributed by atoms with Crippen molar-refractivity contribution in [1.29, 1.82) is 0 Å². The maximum Gasteiger partial charge on any atom is 0.0837 e.